The molecule has 0 bridgehead atoms. The molecule has 107 heavy (non-hydrogen) atoms. The highest BCUT2D eigenvalue weighted by Gasteiger charge is 2.27. The number of rotatable bonds is 58. The summed E-state index contributed by atoms with van der Waals surface area (Å²) in [6, 6.07) is 6.04. The molecule has 0 aliphatic carbocycles. The Balaban J connectivity index is 0.827. The van der Waals surface area contributed by atoms with Gasteiger partial charge in [0.15, 0.2) is 0 Å². The molecule has 4 heterocycles. The number of aliphatic hydroxyl groups excluding tert-OH is 2. The largest absolute Gasteiger partial charge is 0.494 e. The molecule has 0 unspecified atom stereocenters. The third kappa shape index (κ3) is 31.8. The standard InChI is InChI=1S/C70H106N16O21/c1-50(71)43-56(75-9-20-87)67(94)80-69-78-54-45-52(65(73)92)47-58(96-3)63(54)84(69)13-4-5-14-85-64-55(79-70(85)81-68(95)57(44-51(2)72)76-10-21-88)46-53(66(74)93)48-59(64)107-22-6-12-82-15-17-83(18-16-82)19-24-98-26-28-100-30-32-102-34-36-104-38-40-106-42-41-105-39-37-103-35-33-101-31-29-99-27-25-97-23-11-77-60(89)49-86-61(90)7-8-62(86)91/h7-8,43-48,87-88H,4-6,9-42,49,71-72H2,1-3H3,(H2,73,92)(H2,74,93)(H,77,89)(H,78,80,94)(H,79,81,95). The average molecular weight is 1510 g/mol. The fourth-order valence-electron chi connectivity index (χ4n) is 10.7. The number of imidazole rings is 2. The molecule has 0 spiro atoms. The summed E-state index contributed by atoms with van der Waals surface area (Å²) in [5.41, 5.74) is 25.7. The number of aliphatic imine (C=N–C) groups is 2. The fourth-order valence-corrected chi connectivity index (χ4v) is 10.7. The van der Waals surface area contributed by atoms with Crippen LogP contribution in [0.3, 0.4) is 0 Å². The lowest BCUT2D eigenvalue weighted by Gasteiger charge is -2.34. The summed E-state index contributed by atoms with van der Waals surface area (Å²) in [6.07, 6.45) is 6.45. The van der Waals surface area contributed by atoms with Gasteiger partial charge in [-0.15, -0.1) is 0 Å². The quantitative estimate of drug-likeness (QED) is 0.0147. The van der Waals surface area contributed by atoms with E-state index in [1.807, 2.05) is 0 Å². The second-order valence-corrected chi connectivity index (χ2v) is 24.1. The molecular formula is C70H106N16O21. The fraction of sp³-hybridized carbons (Fsp3) is 0.586. The van der Waals surface area contributed by atoms with Crippen LogP contribution in [0.25, 0.3) is 22.1 Å². The van der Waals surface area contributed by atoms with Gasteiger partial charge in [-0.05, 0) is 69.5 Å². The lowest BCUT2D eigenvalue weighted by Crippen LogP contribution is -2.47. The van der Waals surface area contributed by atoms with Crippen LogP contribution in [0.5, 0.6) is 11.5 Å². The number of nitrogens with one attached hydrogen (secondary N) is 3. The van der Waals surface area contributed by atoms with Crippen molar-refractivity contribution in [2.75, 3.05) is 235 Å². The number of methoxy groups -OCH3 is 1. The number of nitrogens with zero attached hydrogens (tertiary/aromatic N) is 9. The summed E-state index contributed by atoms with van der Waals surface area (Å²) >= 11 is 0. The second kappa shape index (κ2) is 49.8. The number of primary amides is 2. The number of unbranched alkanes of at least 4 members (excludes halogenated alkanes) is 1. The van der Waals surface area contributed by atoms with Crippen LogP contribution in [-0.4, -0.2) is 321 Å². The monoisotopic (exact) mass is 1510 g/mol. The number of imide groups is 1. The number of fused-ring (bicyclic) bond motifs is 2. The molecule has 2 aromatic carbocycles. The number of benzene rings is 2. The number of ether oxygens (including phenoxy) is 12. The third-order valence-corrected chi connectivity index (χ3v) is 15.8. The Kier molecular flexibility index (Phi) is 40.5. The molecule has 0 saturated carbocycles. The first-order valence-corrected chi connectivity index (χ1v) is 35.6. The minimum Gasteiger partial charge on any atom is -0.494 e. The molecule has 7 amide bonds. The Morgan fingerprint density at radius 3 is 1.25 bits per heavy atom. The number of piperazine rings is 1. The van der Waals surface area contributed by atoms with Crippen molar-refractivity contribution in [2.24, 2.45) is 32.9 Å². The molecule has 6 rings (SSSR count). The van der Waals surface area contributed by atoms with Gasteiger partial charge >= 0.3 is 0 Å². The number of carbonyl (C=O) groups is 7. The number of hydrogen-bond acceptors (Lipinski definition) is 29. The Bertz CT molecular complexity index is 3600. The number of aliphatic hydroxyl groups is 2. The summed E-state index contributed by atoms with van der Waals surface area (Å²) in [5.74, 6) is -3.49. The van der Waals surface area contributed by atoms with Crippen molar-refractivity contribution in [2.45, 2.75) is 46.2 Å². The number of allylic oxidation sites excluding steroid dienone is 2. The third-order valence-electron chi connectivity index (χ3n) is 15.8. The molecule has 37 nitrogen and oxygen atoms in total. The van der Waals surface area contributed by atoms with Crippen LogP contribution in [0.2, 0.25) is 0 Å². The Morgan fingerprint density at radius 1 is 0.495 bits per heavy atom. The van der Waals surface area contributed by atoms with E-state index in [9.17, 15) is 43.8 Å². The number of nitrogens with two attached hydrogens (primary N) is 4. The van der Waals surface area contributed by atoms with Gasteiger partial charge in [0.1, 0.15) is 40.5 Å². The number of amides is 7. The van der Waals surface area contributed by atoms with E-state index in [0.717, 1.165) is 56.3 Å². The van der Waals surface area contributed by atoms with Crippen molar-refractivity contribution in [1.29, 1.82) is 0 Å². The first kappa shape index (κ1) is 87.0. The van der Waals surface area contributed by atoms with Gasteiger partial charge in [0.2, 0.25) is 29.6 Å². The molecule has 2 aliphatic rings. The van der Waals surface area contributed by atoms with Crippen molar-refractivity contribution >= 4 is 86.7 Å². The summed E-state index contributed by atoms with van der Waals surface area (Å²) in [4.78, 5) is 111. The van der Waals surface area contributed by atoms with Crippen molar-refractivity contribution in [3.8, 4) is 11.5 Å². The van der Waals surface area contributed by atoms with Crippen molar-refractivity contribution < 1.29 is 101 Å². The minimum absolute atomic E-state index is 0.0571. The van der Waals surface area contributed by atoms with E-state index in [1.54, 1.807) is 29.0 Å². The van der Waals surface area contributed by atoms with Gasteiger partial charge in [0, 0.05) is 93.6 Å². The first-order valence-electron chi connectivity index (χ1n) is 35.6. The molecule has 1 saturated heterocycles. The van der Waals surface area contributed by atoms with Gasteiger partial charge in [-0.1, -0.05) is 0 Å². The highest BCUT2D eigenvalue weighted by atomic mass is 16.6. The molecule has 2 aliphatic heterocycles. The van der Waals surface area contributed by atoms with Gasteiger partial charge in [-0.25, -0.2) is 9.97 Å². The van der Waals surface area contributed by atoms with E-state index in [4.69, 9.17) is 84.8 Å². The Hall–Kier alpha value is -8.93. The molecular weight excluding hydrogens is 1400 g/mol. The van der Waals surface area contributed by atoms with Crippen LogP contribution in [-0.2, 0) is 84.4 Å². The maximum Gasteiger partial charge on any atom is 0.276 e. The van der Waals surface area contributed by atoms with Gasteiger partial charge in [-0.2, -0.15) is 0 Å². The molecule has 0 atom stereocenters. The molecule has 4 aromatic rings. The van der Waals surface area contributed by atoms with Gasteiger partial charge in [0.25, 0.3) is 23.6 Å². The normalized spacial score (nSPS) is 14.1. The number of carbonyl (C=O) groups excluding carboxylic acids is 7. The van der Waals surface area contributed by atoms with Crippen molar-refractivity contribution in [3.63, 3.8) is 0 Å². The van der Waals surface area contributed by atoms with Crippen LogP contribution in [0.15, 0.2) is 69.9 Å². The second-order valence-electron chi connectivity index (χ2n) is 24.1. The van der Waals surface area contributed by atoms with E-state index in [0.29, 0.717) is 184 Å². The molecule has 0 radical (unpaired) electrons. The van der Waals surface area contributed by atoms with Gasteiger partial charge in [0.05, 0.1) is 183 Å². The molecule has 13 N–H and O–H groups in total. The maximum atomic E-state index is 14.0. The van der Waals surface area contributed by atoms with Gasteiger partial charge in [-0.3, -0.25) is 64.0 Å². The van der Waals surface area contributed by atoms with Crippen LogP contribution >= 0.6 is 0 Å². The predicted octanol–water partition coefficient (Wildman–Crippen LogP) is -0.865. The zero-order valence-corrected chi connectivity index (χ0v) is 61.5. The van der Waals surface area contributed by atoms with Crippen molar-refractivity contribution in [3.05, 3.63) is 71.1 Å². The number of aromatic nitrogens is 4. The van der Waals surface area contributed by atoms with E-state index in [2.05, 4.69) is 40.7 Å². The highest BCUT2D eigenvalue weighted by Crippen LogP contribution is 2.34. The van der Waals surface area contributed by atoms with Crippen LogP contribution in [0.4, 0.5) is 11.9 Å². The van der Waals surface area contributed by atoms with Crippen molar-refractivity contribution in [1.82, 2.24) is 39.1 Å². The molecule has 1 fully saturated rings. The smallest absolute Gasteiger partial charge is 0.276 e. The summed E-state index contributed by atoms with van der Waals surface area (Å²) in [5, 5.41) is 27.3. The molecule has 37 heteroatoms. The van der Waals surface area contributed by atoms with Crippen LogP contribution in [0.1, 0.15) is 53.8 Å². The minimum atomic E-state index is -0.720. The summed E-state index contributed by atoms with van der Waals surface area (Å²) in [7, 11) is 1.43. The summed E-state index contributed by atoms with van der Waals surface area (Å²) < 4.78 is 71.4. The lowest BCUT2D eigenvalue weighted by molar-refractivity contribution is -0.141. The molecule has 2 aromatic heterocycles. The first-order chi connectivity index (χ1) is 51.9. The zero-order chi connectivity index (χ0) is 77.0. The summed E-state index contributed by atoms with van der Waals surface area (Å²) in [6.45, 7) is 16.4. The SMILES string of the molecule is COc1cc(C(N)=O)cc2nc(NC(=O)C(C=C(C)N)=NCCO)n(CCCCn3c(NC(=O)C(C=C(C)N)=NCCO)nc4cc(C(N)=O)cc(OCCCN5CCN(CCOCCOCCOCCOCCOCCOCCOCCOCCOCCOCCNC(=O)CN6C(=O)C=CC6=O)CC5)c43)c12. The number of aryl methyl sites for hydroxylation is 2. The maximum absolute atomic E-state index is 14.0. The van der Waals surface area contributed by atoms with E-state index in [-0.39, 0.29) is 106 Å². The Morgan fingerprint density at radius 2 is 0.869 bits per heavy atom. The predicted molar refractivity (Wildman–Crippen MR) is 394 cm³/mol. The van der Waals surface area contributed by atoms with Gasteiger partial charge < -0.3 is 109 Å². The van der Waals surface area contributed by atoms with E-state index < -0.39 is 41.4 Å². The highest BCUT2D eigenvalue weighted by molar-refractivity contribution is 6.47. The molecule has 592 valence electrons. The van der Waals surface area contributed by atoms with E-state index >= 15 is 0 Å². The zero-order valence-electron chi connectivity index (χ0n) is 61.5. The lowest BCUT2D eigenvalue weighted by atomic mass is 10.1. The number of hydrogen-bond donors (Lipinski definition) is 9. The van der Waals surface area contributed by atoms with Crippen LogP contribution in [0, 0.1) is 0 Å². The van der Waals surface area contributed by atoms with E-state index in [1.165, 1.54) is 37.5 Å². The number of anilines is 2. The Labute approximate surface area is 621 Å². The average Bonchev–Trinajstić information content (AvgIpc) is 1.63. The van der Waals surface area contributed by atoms with Crippen LogP contribution < -0.4 is 48.4 Å². The topological polar surface area (TPSA) is 481 Å².